The van der Waals surface area contributed by atoms with Gasteiger partial charge in [0.15, 0.2) is 9.84 Å². The number of pyridine rings is 1. The standard InChI is InChI=1S/C21H21FN4O2S/c22-18-5-6-19-20(7-8-23-21(19)13-18)25-24-14-16-1-3-17(4-2-16)15-26-9-11-29(27,28)12-10-26/h1-8,13-14H,9-12,15H2,(H,23,25)/b24-14+. The molecule has 29 heavy (non-hydrogen) atoms. The van der Waals surface area contributed by atoms with Crippen LogP contribution < -0.4 is 5.43 Å². The minimum Gasteiger partial charge on any atom is -0.297 e. The van der Waals surface area contributed by atoms with E-state index in [2.05, 4.69) is 20.4 Å². The smallest absolute Gasteiger partial charge is 0.152 e. The fourth-order valence-electron chi connectivity index (χ4n) is 3.27. The number of halogens is 1. The van der Waals surface area contributed by atoms with Crippen molar-refractivity contribution < 1.29 is 12.8 Å². The highest BCUT2D eigenvalue weighted by atomic mass is 32.2. The molecule has 0 saturated carbocycles. The Morgan fingerprint density at radius 2 is 1.86 bits per heavy atom. The molecule has 1 saturated heterocycles. The van der Waals surface area contributed by atoms with E-state index in [1.54, 1.807) is 24.5 Å². The number of anilines is 1. The maximum Gasteiger partial charge on any atom is 0.152 e. The number of sulfone groups is 1. The minimum absolute atomic E-state index is 0.236. The number of aromatic nitrogens is 1. The summed E-state index contributed by atoms with van der Waals surface area (Å²) in [5.41, 5.74) is 6.38. The maximum absolute atomic E-state index is 13.3. The Balaban J connectivity index is 1.37. The number of nitrogens with one attached hydrogen (secondary N) is 1. The van der Waals surface area contributed by atoms with Gasteiger partial charge >= 0.3 is 0 Å². The Morgan fingerprint density at radius 3 is 2.62 bits per heavy atom. The number of hydrogen-bond donors (Lipinski definition) is 1. The SMILES string of the molecule is O=S1(=O)CCN(Cc2ccc(/C=N/Nc3ccnc4cc(F)ccc34)cc2)CC1. The van der Waals surface area contributed by atoms with Crippen molar-refractivity contribution in [2.24, 2.45) is 5.10 Å². The highest BCUT2D eigenvalue weighted by molar-refractivity contribution is 7.91. The van der Waals surface area contributed by atoms with Gasteiger partial charge in [-0.1, -0.05) is 24.3 Å². The Kier molecular flexibility index (Phi) is 5.55. The van der Waals surface area contributed by atoms with Crippen LogP contribution in [0.4, 0.5) is 10.1 Å². The fraction of sp³-hybridized carbons (Fsp3) is 0.238. The zero-order valence-corrected chi connectivity index (χ0v) is 16.6. The van der Waals surface area contributed by atoms with Crippen LogP contribution in [-0.4, -0.2) is 49.1 Å². The van der Waals surface area contributed by atoms with Gasteiger partial charge in [-0.15, -0.1) is 0 Å². The van der Waals surface area contributed by atoms with Crippen LogP contribution in [0.2, 0.25) is 0 Å². The lowest BCUT2D eigenvalue weighted by Crippen LogP contribution is -2.39. The monoisotopic (exact) mass is 412 g/mol. The first-order valence-corrected chi connectivity index (χ1v) is 11.2. The summed E-state index contributed by atoms with van der Waals surface area (Å²) in [5, 5.41) is 5.07. The van der Waals surface area contributed by atoms with E-state index in [9.17, 15) is 12.8 Å². The average Bonchev–Trinajstić information content (AvgIpc) is 2.71. The fourth-order valence-corrected chi connectivity index (χ4v) is 4.55. The van der Waals surface area contributed by atoms with Crippen molar-refractivity contribution in [3.05, 3.63) is 71.7 Å². The van der Waals surface area contributed by atoms with Crippen LogP contribution in [0.1, 0.15) is 11.1 Å². The van der Waals surface area contributed by atoms with E-state index in [0.717, 1.165) is 28.7 Å². The molecule has 2 heterocycles. The predicted octanol–water partition coefficient (Wildman–Crippen LogP) is 3.05. The number of hydrogen-bond acceptors (Lipinski definition) is 6. The van der Waals surface area contributed by atoms with Gasteiger partial charge < -0.3 is 0 Å². The average molecular weight is 412 g/mol. The number of fused-ring (bicyclic) bond motifs is 1. The van der Waals surface area contributed by atoms with E-state index in [0.29, 0.717) is 18.6 Å². The van der Waals surface area contributed by atoms with Gasteiger partial charge in [-0.3, -0.25) is 15.3 Å². The van der Waals surface area contributed by atoms with E-state index in [1.165, 1.54) is 12.1 Å². The second-order valence-corrected chi connectivity index (χ2v) is 9.36. The third-order valence-corrected chi connectivity index (χ3v) is 6.54. The molecule has 0 amide bonds. The third kappa shape index (κ3) is 4.96. The lowest BCUT2D eigenvalue weighted by atomic mass is 10.1. The molecule has 0 spiro atoms. The van der Waals surface area contributed by atoms with Gasteiger partial charge in [-0.05, 0) is 29.3 Å². The van der Waals surface area contributed by atoms with Gasteiger partial charge in [-0.2, -0.15) is 5.10 Å². The summed E-state index contributed by atoms with van der Waals surface area (Å²) in [6.07, 6.45) is 3.33. The van der Waals surface area contributed by atoms with Crippen LogP contribution >= 0.6 is 0 Å². The van der Waals surface area contributed by atoms with E-state index < -0.39 is 9.84 Å². The molecule has 0 unspecified atom stereocenters. The summed E-state index contributed by atoms with van der Waals surface area (Å²) < 4.78 is 36.4. The molecule has 2 aromatic carbocycles. The largest absolute Gasteiger partial charge is 0.297 e. The van der Waals surface area contributed by atoms with Crippen molar-refractivity contribution in [1.82, 2.24) is 9.88 Å². The molecular weight excluding hydrogens is 391 g/mol. The molecule has 1 fully saturated rings. The number of benzene rings is 2. The van der Waals surface area contributed by atoms with Crippen molar-refractivity contribution in [3.8, 4) is 0 Å². The maximum atomic E-state index is 13.3. The number of hydrazone groups is 1. The first kappa shape index (κ1) is 19.5. The molecule has 0 atom stereocenters. The van der Waals surface area contributed by atoms with E-state index in [1.807, 2.05) is 24.3 Å². The molecule has 0 aliphatic carbocycles. The van der Waals surface area contributed by atoms with Crippen molar-refractivity contribution in [2.45, 2.75) is 6.54 Å². The van der Waals surface area contributed by atoms with E-state index in [-0.39, 0.29) is 17.3 Å². The molecular formula is C21H21FN4O2S. The molecule has 1 N–H and O–H groups in total. The van der Waals surface area contributed by atoms with Crippen molar-refractivity contribution in [3.63, 3.8) is 0 Å². The van der Waals surface area contributed by atoms with Crippen molar-refractivity contribution >= 4 is 32.6 Å². The Labute approximate surface area is 169 Å². The van der Waals surface area contributed by atoms with Crippen molar-refractivity contribution in [1.29, 1.82) is 0 Å². The number of rotatable bonds is 5. The lowest BCUT2D eigenvalue weighted by molar-refractivity contribution is 0.287. The van der Waals surface area contributed by atoms with Crippen molar-refractivity contribution in [2.75, 3.05) is 30.0 Å². The van der Waals surface area contributed by atoms with Crippen LogP contribution in [0.25, 0.3) is 10.9 Å². The molecule has 1 aromatic heterocycles. The molecule has 0 radical (unpaired) electrons. The molecule has 0 bridgehead atoms. The van der Waals surface area contributed by atoms with Crippen LogP contribution in [0.15, 0.2) is 59.8 Å². The molecule has 8 heteroatoms. The summed E-state index contributed by atoms with van der Waals surface area (Å²) in [4.78, 5) is 6.32. The van der Waals surface area contributed by atoms with Crippen LogP contribution in [-0.2, 0) is 16.4 Å². The van der Waals surface area contributed by atoms with Gasteiger partial charge in [0, 0.05) is 37.3 Å². The van der Waals surface area contributed by atoms with E-state index in [4.69, 9.17) is 0 Å². The Bertz CT molecular complexity index is 1130. The van der Waals surface area contributed by atoms with Crippen LogP contribution in [0.5, 0.6) is 0 Å². The van der Waals surface area contributed by atoms with Crippen LogP contribution in [0.3, 0.4) is 0 Å². The van der Waals surface area contributed by atoms with Crippen LogP contribution in [0, 0.1) is 5.82 Å². The van der Waals surface area contributed by atoms with Gasteiger partial charge in [0.1, 0.15) is 5.82 Å². The molecule has 1 aliphatic rings. The lowest BCUT2D eigenvalue weighted by Gasteiger charge is -2.26. The summed E-state index contributed by atoms with van der Waals surface area (Å²) >= 11 is 0. The quantitative estimate of drug-likeness (QED) is 0.515. The topological polar surface area (TPSA) is 74.7 Å². The first-order valence-electron chi connectivity index (χ1n) is 9.34. The van der Waals surface area contributed by atoms with Gasteiger partial charge in [0.2, 0.25) is 0 Å². The normalized spacial score (nSPS) is 17.0. The molecule has 4 rings (SSSR count). The summed E-state index contributed by atoms with van der Waals surface area (Å²) in [6, 6.07) is 14.2. The Hall–Kier alpha value is -2.84. The summed E-state index contributed by atoms with van der Waals surface area (Å²) in [7, 11) is -2.85. The summed E-state index contributed by atoms with van der Waals surface area (Å²) in [5.74, 6) is 0.149. The van der Waals surface area contributed by atoms with Gasteiger partial charge in [0.25, 0.3) is 0 Å². The zero-order valence-electron chi connectivity index (χ0n) is 15.8. The predicted molar refractivity (Wildman–Crippen MR) is 113 cm³/mol. The van der Waals surface area contributed by atoms with Gasteiger partial charge in [0.05, 0.1) is 28.9 Å². The highest BCUT2D eigenvalue weighted by Crippen LogP contribution is 2.22. The van der Waals surface area contributed by atoms with Gasteiger partial charge in [-0.25, -0.2) is 12.8 Å². The Morgan fingerprint density at radius 1 is 1.10 bits per heavy atom. The highest BCUT2D eigenvalue weighted by Gasteiger charge is 2.21. The second-order valence-electron chi connectivity index (χ2n) is 7.06. The molecule has 150 valence electrons. The third-order valence-electron chi connectivity index (χ3n) is 4.93. The molecule has 6 nitrogen and oxygen atoms in total. The number of nitrogens with zero attached hydrogens (tertiary/aromatic N) is 3. The zero-order chi connectivity index (χ0) is 20.3. The second kappa shape index (κ2) is 8.26. The molecule has 3 aromatic rings. The summed E-state index contributed by atoms with van der Waals surface area (Å²) in [6.45, 7) is 1.91. The minimum atomic E-state index is -2.85. The first-order chi connectivity index (χ1) is 14.0. The van der Waals surface area contributed by atoms with E-state index >= 15 is 0 Å². The molecule has 1 aliphatic heterocycles.